The molecule has 0 aromatic heterocycles. The lowest BCUT2D eigenvalue weighted by molar-refractivity contribution is -0.143. The van der Waals surface area contributed by atoms with E-state index >= 15 is 0 Å². The number of benzene rings is 2. The van der Waals surface area contributed by atoms with E-state index in [0.717, 1.165) is 11.1 Å². The lowest BCUT2D eigenvalue weighted by Crippen LogP contribution is -2.57. The van der Waals surface area contributed by atoms with Crippen LogP contribution in [0.4, 0.5) is 4.79 Å². The Labute approximate surface area is 277 Å². The van der Waals surface area contributed by atoms with Crippen LogP contribution in [-0.2, 0) is 36.8 Å². The van der Waals surface area contributed by atoms with Crippen molar-refractivity contribution in [1.29, 1.82) is 0 Å². The van der Waals surface area contributed by atoms with Gasteiger partial charge in [-0.3, -0.25) is 14.9 Å². The van der Waals surface area contributed by atoms with Gasteiger partial charge < -0.3 is 45.5 Å². The Kier molecular flexibility index (Phi) is 17.2. The van der Waals surface area contributed by atoms with Crippen molar-refractivity contribution in [3.8, 4) is 5.75 Å². The fourth-order valence-electron chi connectivity index (χ4n) is 4.35. The van der Waals surface area contributed by atoms with E-state index in [4.69, 9.17) is 24.7 Å². The SMILES string of the molecule is CC(C)[C@H](N)C(=O)NCCOCCOCCOc1cccc(CN[C@@H](C(=O)O)[C@H](O)[C@H](Cc2ccccc2)NC(=O)OC(C)(C)C)c1. The Bertz CT molecular complexity index is 1220. The summed E-state index contributed by atoms with van der Waals surface area (Å²) in [5.41, 5.74) is 6.57. The predicted octanol–water partition coefficient (Wildman–Crippen LogP) is 2.24. The topological polar surface area (TPSA) is 191 Å². The summed E-state index contributed by atoms with van der Waals surface area (Å²) < 4.78 is 22.1. The molecule has 13 heteroatoms. The number of nitrogens with two attached hydrogens (primary N) is 1. The first kappa shape index (κ1) is 39.4. The van der Waals surface area contributed by atoms with Crippen molar-refractivity contribution < 1.29 is 43.5 Å². The summed E-state index contributed by atoms with van der Waals surface area (Å²) >= 11 is 0. The van der Waals surface area contributed by atoms with Crippen molar-refractivity contribution in [3.05, 3.63) is 65.7 Å². The number of carbonyl (C=O) groups excluding carboxylic acids is 2. The van der Waals surface area contributed by atoms with Crippen LogP contribution in [0.25, 0.3) is 0 Å². The molecule has 2 aromatic carbocycles. The van der Waals surface area contributed by atoms with Gasteiger partial charge >= 0.3 is 12.1 Å². The number of carboxylic acids is 1. The molecule has 2 amide bonds. The maximum atomic E-state index is 12.6. The third-order valence-corrected chi connectivity index (χ3v) is 6.88. The number of rotatable bonds is 21. The van der Waals surface area contributed by atoms with Gasteiger partial charge in [-0.2, -0.15) is 0 Å². The Balaban J connectivity index is 1.82. The summed E-state index contributed by atoms with van der Waals surface area (Å²) in [6.07, 6.45) is -2.05. The molecule has 0 spiro atoms. The summed E-state index contributed by atoms with van der Waals surface area (Å²) in [7, 11) is 0. The third-order valence-electron chi connectivity index (χ3n) is 6.88. The van der Waals surface area contributed by atoms with Crippen LogP contribution in [0, 0.1) is 5.92 Å². The highest BCUT2D eigenvalue weighted by molar-refractivity contribution is 5.81. The van der Waals surface area contributed by atoms with Crippen molar-refractivity contribution >= 4 is 18.0 Å². The smallest absolute Gasteiger partial charge is 0.407 e. The van der Waals surface area contributed by atoms with E-state index in [1.807, 2.05) is 44.2 Å². The maximum absolute atomic E-state index is 12.6. The minimum absolute atomic E-state index is 0.0636. The normalized spacial score (nSPS) is 14.1. The van der Waals surface area contributed by atoms with E-state index in [-0.39, 0.29) is 31.4 Å². The zero-order valence-corrected chi connectivity index (χ0v) is 28.1. The van der Waals surface area contributed by atoms with E-state index in [1.54, 1.807) is 45.0 Å². The molecule has 0 unspecified atom stereocenters. The monoisotopic (exact) mass is 660 g/mol. The van der Waals surface area contributed by atoms with Crippen molar-refractivity contribution in [1.82, 2.24) is 16.0 Å². The molecule has 0 heterocycles. The van der Waals surface area contributed by atoms with Gasteiger partial charge in [-0.1, -0.05) is 56.3 Å². The van der Waals surface area contributed by atoms with E-state index in [9.17, 15) is 24.6 Å². The molecule has 13 nitrogen and oxygen atoms in total. The molecule has 2 rings (SSSR count). The average molecular weight is 661 g/mol. The molecule has 7 N–H and O–H groups in total. The number of hydrogen-bond donors (Lipinski definition) is 6. The van der Waals surface area contributed by atoms with Crippen LogP contribution in [0.5, 0.6) is 5.75 Å². The van der Waals surface area contributed by atoms with Gasteiger partial charge in [-0.25, -0.2) is 4.79 Å². The lowest BCUT2D eigenvalue weighted by Gasteiger charge is -2.30. The van der Waals surface area contributed by atoms with Crippen LogP contribution < -0.4 is 26.4 Å². The molecular formula is C34H52N4O9. The summed E-state index contributed by atoms with van der Waals surface area (Å²) in [5.74, 6) is -0.833. The van der Waals surface area contributed by atoms with Gasteiger partial charge in [0, 0.05) is 13.1 Å². The molecule has 0 aliphatic rings. The molecule has 2 aromatic rings. The molecular weight excluding hydrogens is 608 g/mol. The van der Waals surface area contributed by atoms with Crippen molar-refractivity contribution in [2.24, 2.45) is 11.7 Å². The number of amides is 2. The Morgan fingerprint density at radius 1 is 0.894 bits per heavy atom. The summed E-state index contributed by atoms with van der Waals surface area (Å²) in [5, 5.41) is 29.5. The molecule has 4 atom stereocenters. The van der Waals surface area contributed by atoms with Crippen LogP contribution in [0.2, 0.25) is 0 Å². The second-order valence-electron chi connectivity index (χ2n) is 12.4. The third kappa shape index (κ3) is 16.1. The minimum Gasteiger partial charge on any atom is -0.491 e. The summed E-state index contributed by atoms with van der Waals surface area (Å²) in [4.78, 5) is 36.6. The van der Waals surface area contributed by atoms with Gasteiger partial charge in [0.1, 0.15) is 30.1 Å². The van der Waals surface area contributed by atoms with E-state index in [2.05, 4.69) is 16.0 Å². The Morgan fingerprint density at radius 2 is 1.53 bits per heavy atom. The first-order valence-corrected chi connectivity index (χ1v) is 15.8. The van der Waals surface area contributed by atoms with Gasteiger partial charge in [-0.15, -0.1) is 0 Å². The van der Waals surface area contributed by atoms with E-state index in [1.165, 1.54) is 0 Å². The van der Waals surface area contributed by atoms with Crippen LogP contribution in [0.1, 0.15) is 45.7 Å². The molecule has 0 radical (unpaired) electrons. The second kappa shape index (κ2) is 20.5. The highest BCUT2D eigenvalue weighted by atomic mass is 16.6. The lowest BCUT2D eigenvalue weighted by atomic mass is 9.96. The highest BCUT2D eigenvalue weighted by Gasteiger charge is 2.34. The van der Waals surface area contributed by atoms with Crippen molar-refractivity contribution in [2.45, 2.75) is 77.4 Å². The number of aliphatic carboxylic acids is 1. The molecule has 0 aliphatic carbocycles. The second-order valence-corrected chi connectivity index (χ2v) is 12.4. The Morgan fingerprint density at radius 3 is 2.17 bits per heavy atom. The highest BCUT2D eigenvalue weighted by Crippen LogP contribution is 2.16. The number of carboxylic acid groups (broad SMARTS) is 1. The number of nitrogens with one attached hydrogen (secondary N) is 3. The minimum atomic E-state index is -1.48. The number of alkyl carbamates (subject to hydrolysis) is 1. The number of ether oxygens (including phenoxy) is 4. The molecule has 47 heavy (non-hydrogen) atoms. The maximum Gasteiger partial charge on any atom is 0.407 e. The van der Waals surface area contributed by atoms with Gasteiger partial charge in [0.25, 0.3) is 0 Å². The zero-order chi connectivity index (χ0) is 34.8. The largest absolute Gasteiger partial charge is 0.491 e. The number of hydrogen-bond acceptors (Lipinski definition) is 10. The van der Waals surface area contributed by atoms with Gasteiger partial charge in [-0.05, 0) is 56.4 Å². The molecule has 0 saturated heterocycles. The first-order valence-electron chi connectivity index (χ1n) is 15.8. The van der Waals surface area contributed by atoms with E-state index < -0.39 is 41.9 Å². The molecule has 262 valence electrons. The average Bonchev–Trinajstić information content (AvgIpc) is 3.00. The van der Waals surface area contributed by atoms with Crippen LogP contribution in [0.3, 0.4) is 0 Å². The standard InChI is InChI=1S/C34H52N4O9/c1-23(2)28(35)31(40)36-14-15-44-16-17-45-18-19-46-26-13-9-12-25(20-26)22-37-29(32(41)42)30(39)27(21-24-10-7-6-8-11-24)38-33(43)47-34(3,4)5/h6-13,20,23,27-30,37,39H,14-19,21-22,35H2,1-5H3,(H,36,40)(H,38,43)(H,41,42)/t27-,28-,29+,30+/m0/s1. The van der Waals surface area contributed by atoms with Gasteiger partial charge in [0.2, 0.25) is 5.91 Å². The van der Waals surface area contributed by atoms with Crippen LogP contribution >= 0.6 is 0 Å². The zero-order valence-electron chi connectivity index (χ0n) is 28.1. The van der Waals surface area contributed by atoms with Crippen LogP contribution in [0.15, 0.2) is 54.6 Å². The molecule has 0 fully saturated rings. The molecule has 0 saturated carbocycles. The Hall–Kier alpha value is -3.75. The molecule has 0 aliphatic heterocycles. The van der Waals surface area contributed by atoms with Gasteiger partial charge in [0.05, 0.1) is 38.5 Å². The van der Waals surface area contributed by atoms with Crippen molar-refractivity contribution in [3.63, 3.8) is 0 Å². The number of aliphatic hydroxyl groups is 1. The molecule has 0 bridgehead atoms. The summed E-state index contributed by atoms with van der Waals surface area (Å²) in [6, 6.07) is 13.4. The van der Waals surface area contributed by atoms with Crippen molar-refractivity contribution in [2.75, 3.05) is 39.6 Å². The number of aliphatic hydroxyl groups excluding tert-OH is 1. The predicted molar refractivity (Wildman–Crippen MR) is 177 cm³/mol. The summed E-state index contributed by atoms with van der Waals surface area (Å²) in [6.45, 7) is 11.1. The quantitative estimate of drug-likeness (QED) is 0.108. The fraction of sp³-hybridized carbons (Fsp3) is 0.559. The number of carbonyl (C=O) groups is 3. The van der Waals surface area contributed by atoms with E-state index in [0.29, 0.717) is 38.7 Å². The van der Waals surface area contributed by atoms with Gasteiger partial charge in [0.15, 0.2) is 0 Å². The fourth-order valence-corrected chi connectivity index (χ4v) is 4.35. The van der Waals surface area contributed by atoms with Crippen LogP contribution in [-0.4, -0.2) is 97.6 Å². The first-order chi connectivity index (χ1) is 22.3.